The molecule has 0 saturated heterocycles. The Labute approximate surface area is 175 Å². The fourth-order valence-electron chi connectivity index (χ4n) is 2.84. The van der Waals surface area contributed by atoms with E-state index in [4.69, 9.17) is 28.9 Å². The van der Waals surface area contributed by atoms with Gasteiger partial charge in [-0.1, -0.05) is 53.5 Å². The fourth-order valence-corrected chi connectivity index (χ4v) is 4.04. The molecule has 6 heteroatoms. The monoisotopic (exact) mass is 424 g/mol. The standard InChI is InChI=1S/C21H26Cl2N2OS/c1-5-7-19(15-8-6-9-18(23)14-15)21(24,25-27(26)20(2,3)4)16-10-12-17(22)13-11-16/h5-6,8-14,19,25H,1,7,24H2,2-4H3/t19-,21-,27-/m1/s1. The number of hydrogen-bond acceptors (Lipinski definition) is 3. The molecule has 2 rings (SSSR count). The van der Waals surface area contributed by atoms with Gasteiger partial charge in [-0.2, -0.15) is 0 Å². The quantitative estimate of drug-likeness (QED) is 0.349. The molecule has 3 atom stereocenters. The van der Waals surface area contributed by atoms with Gasteiger partial charge in [-0.05, 0) is 62.6 Å². The van der Waals surface area contributed by atoms with Gasteiger partial charge in [0.15, 0.2) is 0 Å². The van der Waals surface area contributed by atoms with Gasteiger partial charge in [0.1, 0.15) is 10.4 Å². The van der Waals surface area contributed by atoms with E-state index >= 15 is 0 Å². The summed E-state index contributed by atoms with van der Waals surface area (Å²) < 4.78 is 15.7. The second-order valence-corrected chi connectivity index (χ2v) is 10.3. The van der Waals surface area contributed by atoms with Crippen molar-refractivity contribution in [1.82, 2.24) is 4.72 Å². The van der Waals surface area contributed by atoms with E-state index in [1.165, 1.54) is 0 Å². The van der Waals surface area contributed by atoms with Crippen molar-refractivity contribution in [3.8, 4) is 0 Å². The highest BCUT2D eigenvalue weighted by Crippen LogP contribution is 2.38. The minimum Gasteiger partial charge on any atom is -0.598 e. The number of halogens is 2. The maximum absolute atomic E-state index is 13.0. The normalized spacial score (nSPS) is 16.4. The van der Waals surface area contributed by atoms with Crippen LogP contribution in [-0.4, -0.2) is 9.30 Å². The van der Waals surface area contributed by atoms with Crippen LogP contribution in [-0.2, 0) is 17.0 Å². The summed E-state index contributed by atoms with van der Waals surface area (Å²) >= 11 is 10.9. The molecule has 0 saturated carbocycles. The number of benzene rings is 2. The summed E-state index contributed by atoms with van der Waals surface area (Å²) in [6, 6.07) is 14.8. The van der Waals surface area contributed by atoms with E-state index in [0.29, 0.717) is 16.5 Å². The number of rotatable bonds is 7. The molecule has 27 heavy (non-hydrogen) atoms. The molecule has 0 aliphatic rings. The van der Waals surface area contributed by atoms with Gasteiger partial charge in [0.25, 0.3) is 0 Å². The van der Waals surface area contributed by atoms with E-state index in [9.17, 15) is 4.55 Å². The smallest absolute Gasteiger partial charge is 0.143 e. The molecule has 3 N–H and O–H groups in total. The lowest BCUT2D eigenvalue weighted by molar-refractivity contribution is 0.324. The zero-order valence-electron chi connectivity index (χ0n) is 15.8. The lowest BCUT2D eigenvalue weighted by Crippen LogP contribution is -2.59. The third kappa shape index (κ3) is 5.50. The Morgan fingerprint density at radius 2 is 1.78 bits per heavy atom. The van der Waals surface area contributed by atoms with Crippen molar-refractivity contribution in [1.29, 1.82) is 0 Å². The van der Waals surface area contributed by atoms with Gasteiger partial charge < -0.3 is 10.3 Å². The summed E-state index contributed by atoms with van der Waals surface area (Å²) in [5, 5.41) is 1.23. The van der Waals surface area contributed by atoms with Crippen molar-refractivity contribution in [3.63, 3.8) is 0 Å². The van der Waals surface area contributed by atoms with Crippen LogP contribution >= 0.6 is 23.2 Å². The molecule has 146 valence electrons. The van der Waals surface area contributed by atoms with Crippen molar-refractivity contribution in [3.05, 3.63) is 82.4 Å². The largest absolute Gasteiger partial charge is 0.598 e. The molecule has 3 nitrogen and oxygen atoms in total. The summed E-state index contributed by atoms with van der Waals surface area (Å²) in [4.78, 5) is 0. The Balaban J connectivity index is 2.60. The van der Waals surface area contributed by atoms with Gasteiger partial charge >= 0.3 is 0 Å². The van der Waals surface area contributed by atoms with Crippen LogP contribution in [0.1, 0.15) is 44.2 Å². The molecule has 0 fully saturated rings. The summed E-state index contributed by atoms with van der Waals surface area (Å²) in [6.45, 7) is 9.59. The molecule has 2 aromatic rings. The van der Waals surface area contributed by atoms with E-state index in [-0.39, 0.29) is 5.92 Å². The molecule has 0 heterocycles. The molecule has 0 spiro atoms. The lowest BCUT2D eigenvalue weighted by Gasteiger charge is -2.40. The zero-order chi connectivity index (χ0) is 20.2. The Morgan fingerprint density at radius 3 is 2.30 bits per heavy atom. The highest BCUT2D eigenvalue weighted by molar-refractivity contribution is 7.90. The van der Waals surface area contributed by atoms with Crippen LogP contribution < -0.4 is 10.5 Å². The van der Waals surface area contributed by atoms with Crippen LogP contribution in [0.3, 0.4) is 0 Å². The van der Waals surface area contributed by atoms with Crippen LogP contribution in [0.2, 0.25) is 10.0 Å². The van der Waals surface area contributed by atoms with Crippen molar-refractivity contribution in [2.75, 3.05) is 0 Å². The van der Waals surface area contributed by atoms with E-state index < -0.39 is 21.8 Å². The summed E-state index contributed by atoms with van der Waals surface area (Å²) in [6.07, 6.45) is 2.39. The Bertz CT molecular complexity index is 776. The topological polar surface area (TPSA) is 61.1 Å². The van der Waals surface area contributed by atoms with E-state index in [1.54, 1.807) is 12.1 Å². The molecule has 0 aromatic heterocycles. The van der Waals surface area contributed by atoms with Crippen LogP contribution in [0, 0.1) is 0 Å². The first kappa shape index (κ1) is 22.3. The van der Waals surface area contributed by atoms with Crippen molar-refractivity contribution in [2.24, 2.45) is 5.73 Å². The third-order valence-corrected chi connectivity index (χ3v) is 6.47. The minimum atomic E-state index is -1.39. The Kier molecular flexibility index (Phi) is 7.42. The molecule has 0 aliphatic heterocycles. The van der Waals surface area contributed by atoms with Gasteiger partial charge in [-0.25, -0.2) is 0 Å². The number of nitrogens with one attached hydrogen (secondary N) is 1. The van der Waals surface area contributed by atoms with Gasteiger partial charge in [-0.15, -0.1) is 11.3 Å². The Hall–Kier alpha value is -1.01. The average molecular weight is 425 g/mol. The molecule has 0 unspecified atom stereocenters. The maximum Gasteiger partial charge on any atom is 0.143 e. The first-order valence-electron chi connectivity index (χ1n) is 8.69. The molecular weight excluding hydrogens is 399 g/mol. The summed E-state index contributed by atoms with van der Waals surface area (Å²) in [5.41, 5.74) is 7.56. The minimum absolute atomic E-state index is 0.235. The lowest BCUT2D eigenvalue weighted by atomic mass is 9.80. The van der Waals surface area contributed by atoms with E-state index in [2.05, 4.69) is 11.3 Å². The third-order valence-electron chi connectivity index (χ3n) is 4.34. The van der Waals surface area contributed by atoms with Crippen molar-refractivity contribution in [2.45, 2.75) is 43.5 Å². The van der Waals surface area contributed by atoms with E-state index in [1.807, 2.05) is 63.2 Å². The molecule has 0 radical (unpaired) electrons. The summed E-state index contributed by atoms with van der Waals surface area (Å²) in [7, 11) is 0. The van der Waals surface area contributed by atoms with Crippen molar-refractivity contribution >= 4 is 34.6 Å². The first-order chi connectivity index (χ1) is 12.6. The van der Waals surface area contributed by atoms with Gasteiger partial charge in [-0.3, -0.25) is 0 Å². The molecule has 2 aromatic carbocycles. The molecular formula is C21H26Cl2N2OS. The number of allylic oxidation sites excluding steroid dienone is 1. The molecule has 0 aliphatic carbocycles. The molecule has 0 bridgehead atoms. The van der Waals surface area contributed by atoms with Gasteiger partial charge in [0.05, 0.1) is 0 Å². The highest BCUT2D eigenvalue weighted by Gasteiger charge is 2.43. The Morgan fingerprint density at radius 1 is 1.15 bits per heavy atom. The summed E-state index contributed by atoms with van der Waals surface area (Å²) in [5.74, 6) is -0.235. The fraction of sp³-hybridized carbons (Fsp3) is 0.333. The zero-order valence-corrected chi connectivity index (χ0v) is 18.2. The second kappa shape index (κ2) is 8.99. The predicted octanol–water partition coefficient (Wildman–Crippen LogP) is 5.52. The predicted molar refractivity (Wildman–Crippen MR) is 117 cm³/mol. The van der Waals surface area contributed by atoms with Crippen LogP contribution in [0.5, 0.6) is 0 Å². The van der Waals surface area contributed by atoms with E-state index in [0.717, 1.165) is 11.1 Å². The molecule has 0 amide bonds. The van der Waals surface area contributed by atoms with Gasteiger partial charge in [0, 0.05) is 27.3 Å². The van der Waals surface area contributed by atoms with Crippen LogP contribution in [0.15, 0.2) is 61.2 Å². The SMILES string of the molecule is C=CC[C@H](c1cccc(Cl)c1)[C@](N)(N[S@+]([O-])C(C)(C)C)c1ccc(Cl)cc1. The highest BCUT2D eigenvalue weighted by atomic mass is 35.5. The van der Waals surface area contributed by atoms with Crippen molar-refractivity contribution < 1.29 is 4.55 Å². The number of hydrogen-bond donors (Lipinski definition) is 2. The van der Waals surface area contributed by atoms with Gasteiger partial charge in [0.2, 0.25) is 0 Å². The number of nitrogens with two attached hydrogens (primary N) is 1. The maximum atomic E-state index is 13.0. The van der Waals surface area contributed by atoms with Crippen LogP contribution in [0.25, 0.3) is 0 Å². The van der Waals surface area contributed by atoms with Crippen LogP contribution in [0.4, 0.5) is 0 Å². The second-order valence-electron chi connectivity index (χ2n) is 7.49. The first-order valence-corrected chi connectivity index (χ1v) is 10.6. The average Bonchev–Trinajstić information content (AvgIpc) is 2.59.